The van der Waals surface area contributed by atoms with E-state index in [1.807, 2.05) is 30.3 Å². The van der Waals surface area contributed by atoms with E-state index in [0.29, 0.717) is 17.9 Å². The number of carbonyl (C=O) groups is 1. The van der Waals surface area contributed by atoms with E-state index in [0.717, 1.165) is 72.8 Å². The predicted octanol–water partition coefficient (Wildman–Crippen LogP) is 3.77. The van der Waals surface area contributed by atoms with Crippen molar-refractivity contribution < 1.29 is 9.32 Å². The fraction of sp³-hybridized carbons (Fsp3) is 0.478. The molecule has 7 heteroatoms. The van der Waals surface area contributed by atoms with E-state index in [1.165, 1.54) is 12.8 Å². The Morgan fingerprint density at radius 3 is 2.57 bits per heavy atom. The first-order chi connectivity index (χ1) is 14.7. The van der Waals surface area contributed by atoms with E-state index < -0.39 is 0 Å². The molecule has 1 N–H and O–H groups in total. The lowest BCUT2D eigenvalue weighted by Gasteiger charge is -2.32. The SMILES string of the molecule is O=C(NC1CC1)c1cc(N2CCC(c3noc(C4CC4)n3)CC2)nc2ccccc12. The summed E-state index contributed by atoms with van der Waals surface area (Å²) in [5.74, 6) is 3.37. The van der Waals surface area contributed by atoms with Gasteiger partial charge in [-0.15, -0.1) is 0 Å². The van der Waals surface area contributed by atoms with Crippen LogP contribution in [-0.2, 0) is 0 Å². The fourth-order valence-electron chi connectivity index (χ4n) is 4.28. The predicted molar refractivity (Wildman–Crippen MR) is 113 cm³/mol. The number of hydrogen-bond acceptors (Lipinski definition) is 6. The third-order valence-corrected chi connectivity index (χ3v) is 6.43. The van der Waals surface area contributed by atoms with E-state index in [4.69, 9.17) is 9.51 Å². The molecule has 2 saturated carbocycles. The van der Waals surface area contributed by atoms with Gasteiger partial charge in [0.15, 0.2) is 5.82 Å². The first kappa shape index (κ1) is 17.9. The van der Waals surface area contributed by atoms with Gasteiger partial charge >= 0.3 is 0 Å². The van der Waals surface area contributed by atoms with Crippen molar-refractivity contribution in [2.45, 2.75) is 56.4 Å². The number of carbonyl (C=O) groups excluding carboxylic acids is 1. The summed E-state index contributed by atoms with van der Waals surface area (Å²) in [7, 11) is 0. The Labute approximate surface area is 174 Å². The molecule has 154 valence electrons. The number of hydrogen-bond donors (Lipinski definition) is 1. The van der Waals surface area contributed by atoms with E-state index in [9.17, 15) is 4.79 Å². The van der Waals surface area contributed by atoms with Crippen LogP contribution in [0.25, 0.3) is 10.9 Å². The summed E-state index contributed by atoms with van der Waals surface area (Å²) >= 11 is 0. The molecule has 3 fully saturated rings. The molecule has 0 unspecified atom stereocenters. The van der Waals surface area contributed by atoms with E-state index in [-0.39, 0.29) is 5.91 Å². The highest BCUT2D eigenvalue weighted by molar-refractivity contribution is 6.07. The van der Waals surface area contributed by atoms with E-state index in [2.05, 4.69) is 20.4 Å². The molecule has 1 aromatic carbocycles. The third kappa shape index (κ3) is 3.42. The third-order valence-electron chi connectivity index (χ3n) is 6.43. The Hall–Kier alpha value is -2.96. The number of anilines is 1. The van der Waals surface area contributed by atoms with Crippen LogP contribution < -0.4 is 10.2 Å². The summed E-state index contributed by atoms with van der Waals surface area (Å²) in [5, 5.41) is 8.27. The number of piperidine rings is 1. The fourth-order valence-corrected chi connectivity index (χ4v) is 4.28. The van der Waals surface area contributed by atoms with E-state index >= 15 is 0 Å². The van der Waals surface area contributed by atoms with Gasteiger partial charge in [0.25, 0.3) is 5.91 Å². The lowest BCUT2D eigenvalue weighted by Crippen LogP contribution is -2.34. The summed E-state index contributed by atoms with van der Waals surface area (Å²) in [4.78, 5) is 24.6. The Bertz CT molecular complexity index is 1090. The van der Waals surface area contributed by atoms with Crippen LogP contribution in [0.3, 0.4) is 0 Å². The maximum absolute atomic E-state index is 12.9. The second-order valence-electron chi connectivity index (χ2n) is 8.82. The lowest BCUT2D eigenvalue weighted by molar-refractivity contribution is 0.0952. The molecule has 0 spiro atoms. The Morgan fingerprint density at radius 2 is 1.80 bits per heavy atom. The van der Waals surface area contributed by atoms with Crippen molar-refractivity contribution in [2.24, 2.45) is 0 Å². The number of nitrogens with one attached hydrogen (secondary N) is 1. The number of aromatic nitrogens is 3. The van der Waals surface area contributed by atoms with Gasteiger partial charge in [-0.3, -0.25) is 4.79 Å². The Kier molecular flexibility index (Phi) is 4.21. The van der Waals surface area contributed by atoms with Gasteiger partial charge in [-0.05, 0) is 50.7 Å². The van der Waals surface area contributed by atoms with Gasteiger partial charge in [-0.25, -0.2) is 4.98 Å². The highest BCUT2D eigenvalue weighted by atomic mass is 16.5. The number of benzene rings is 1. The maximum Gasteiger partial charge on any atom is 0.252 e. The summed E-state index contributed by atoms with van der Waals surface area (Å²) < 4.78 is 5.45. The molecule has 0 radical (unpaired) electrons. The number of rotatable bonds is 5. The van der Waals surface area contributed by atoms with Crippen molar-refractivity contribution in [2.75, 3.05) is 18.0 Å². The molecule has 1 saturated heterocycles. The Balaban J connectivity index is 1.22. The molecule has 2 aliphatic carbocycles. The van der Waals surface area contributed by atoms with Gasteiger partial charge in [0.2, 0.25) is 5.89 Å². The zero-order chi connectivity index (χ0) is 20.1. The number of amides is 1. The summed E-state index contributed by atoms with van der Waals surface area (Å²) in [5.41, 5.74) is 1.59. The van der Waals surface area contributed by atoms with Gasteiger partial charge in [-0.1, -0.05) is 23.4 Å². The molecule has 3 aliphatic rings. The van der Waals surface area contributed by atoms with Crippen molar-refractivity contribution in [3.8, 4) is 0 Å². The largest absolute Gasteiger partial charge is 0.357 e. The van der Waals surface area contributed by atoms with Crippen LogP contribution in [0.1, 0.15) is 72.4 Å². The van der Waals surface area contributed by atoms with Crippen molar-refractivity contribution in [1.82, 2.24) is 20.4 Å². The number of fused-ring (bicyclic) bond motifs is 1. The highest BCUT2D eigenvalue weighted by Gasteiger charge is 2.32. The second-order valence-corrected chi connectivity index (χ2v) is 8.82. The maximum atomic E-state index is 12.9. The van der Waals surface area contributed by atoms with Crippen LogP contribution >= 0.6 is 0 Å². The van der Waals surface area contributed by atoms with Crippen molar-refractivity contribution in [1.29, 1.82) is 0 Å². The molecule has 0 atom stereocenters. The van der Waals surface area contributed by atoms with Crippen LogP contribution in [0.5, 0.6) is 0 Å². The normalized spacial score (nSPS) is 19.9. The summed E-state index contributed by atoms with van der Waals surface area (Å²) in [6.07, 6.45) is 6.42. The van der Waals surface area contributed by atoms with Crippen molar-refractivity contribution in [3.05, 3.63) is 47.6 Å². The topological polar surface area (TPSA) is 84.2 Å². The summed E-state index contributed by atoms with van der Waals surface area (Å²) in [6, 6.07) is 10.2. The molecule has 1 amide bonds. The number of nitrogens with zero attached hydrogens (tertiary/aromatic N) is 4. The minimum absolute atomic E-state index is 0.00615. The smallest absolute Gasteiger partial charge is 0.252 e. The zero-order valence-electron chi connectivity index (χ0n) is 16.9. The van der Waals surface area contributed by atoms with Crippen LogP contribution in [0, 0.1) is 0 Å². The molecule has 0 bridgehead atoms. The average molecular weight is 403 g/mol. The van der Waals surface area contributed by atoms with Crippen LogP contribution in [0.15, 0.2) is 34.9 Å². The molecule has 6 rings (SSSR count). The highest BCUT2D eigenvalue weighted by Crippen LogP contribution is 2.40. The van der Waals surface area contributed by atoms with Crippen LogP contribution in [0.2, 0.25) is 0 Å². The quantitative estimate of drug-likeness (QED) is 0.698. The van der Waals surface area contributed by atoms with Gasteiger partial charge in [0.05, 0.1) is 11.1 Å². The molecule has 3 aromatic rings. The Morgan fingerprint density at radius 1 is 1.00 bits per heavy atom. The first-order valence-electron chi connectivity index (χ1n) is 11.0. The molecular formula is C23H25N5O2. The van der Waals surface area contributed by atoms with Crippen LogP contribution in [0.4, 0.5) is 5.82 Å². The average Bonchev–Trinajstić information content (AvgIpc) is 3.73. The molecule has 3 heterocycles. The number of pyridine rings is 1. The zero-order valence-corrected chi connectivity index (χ0v) is 16.9. The molecular weight excluding hydrogens is 378 g/mol. The van der Waals surface area contributed by atoms with Gasteiger partial charge in [0.1, 0.15) is 5.82 Å². The van der Waals surface area contributed by atoms with Crippen molar-refractivity contribution >= 4 is 22.6 Å². The molecule has 1 aliphatic heterocycles. The van der Waals surface area contributed by atoms with E-state index in [1.54, 1.807) is 0 Å². The van der Waals surface area contributed by atoms with Crippen LogP contribution in [-0.4, -0.2) is 40.2 Å². The van der Waals surface area contributed by atoms with Crippen molar-refractivity contribution in [3.63, 3.8) is 0 Å². The monoisotopic (exact) mass is 403 g/mol. The van der Waals surface area contributed by atoms with Gasteiger partial charge in [0, 0.05) is 36.4 Å². The molecule has 2 aromatic heterocycles. The molecule has 30 heavy (non-hydrogen) atoms. The first-order valence-corrected chi connectivity index (χ1v) is 11.0. The second kappa shape index (κ2) is 7.07. The summed E-state index contributed by atoms with van der Waals surface area (Å²) in [6.45, 7) is 1.74. The standard InChI is InChI=1S/C23H25N5O2/c29-22(24-16-7-8-16)18-13-20(25-19-4-2-1-3-17(18)19)28-11-9-14(10-12-28)21-26-23(30-27-21)15-5-6-15/h1-4,13-16H,5-12H2,(H,24,29). The molecule has 7 nitrogen and oxygen atoms in total. The lowest BCUT2D eigenvalue weighted by atomic mass is 9.96. The number of para-hydroxylation sites is 1. The minimum Gasteiger partial charge on any atom is -0.357 e. The van der Waals surface area contributed by atoms with Gasteiger partial charge in [-0.2, -0.15) is 4.98 Å². The van der Waals surface area contributed by atoms with Gasteiger partial charge < -0.3 is 14.7 Å². The minimum atomic E-state index is 0.00615.